The van der Waals surface area contributed by atoms with Gasteiger partial charge in [0.05, 0.1) is 5.54 Å². The first-order chi connectivity index (χ1) is 10.7. The first-order valence-corrected chi connectivity index (χ1v) is 7.64. The van der Waals surface area contributed by atoms with Gasteiger partial charge in [0.25, 0.3) is 0 Å². The number of benzene rings is 2. The number of rotatable bonds is 5. The SMILES string of the molecule is NC1(CCc2ccccc2)C=NC(Nc2ccccc2)=CC1. The maximum Gasteiger partial charge on any atom is 0.125 e. The van der Waals surface area contributed by atoms with E-state index in [-0.39, 0.29) is 5.54 Å². The largest absolute Gasteiger partial charge is 0.341 e. The van der Waals surface area contributed by atoms with Gasteiger partial charge in [0.1, 0.15) is 5.82 Å². The highest BCUT2D eigenvalue weighted by molar-refractivity contribution is 5.73. The number of nitrogens with two attached hydrogens (primary N) is 1. The molecule has 0 bridgehead atoms. The second-order valence-electron chi connectivity index (χ2n) is 5.76. The molecule has 0 aromatic heterocycles. The van der Waals surface area contributed by atoms with Gasteiger partial charge in [-0.1, -0.05) is 48.5 Å². The fourth-order valence-corrected chi connectivity index (χ4v) is 2.53. The third-order valence-electron chi connectivity index (χ3n) is 3.90. The normalized spacial score (nSPS) is 20.5. The van der Waals surface area contributed by atoms with Gasteiger partial charge in [0.2, 0.25) is 0 Å². The van der Waals surface area contributed by atoms with Crippen molar-refractivity contribution in [2.45, 2.75) is 24.8 Å². The highest BCUT2D eigenvalue weighted by Gasteiger charge is 2.24. The third kappa shape index (κ3) is 3.83. The van der Waals surface area contributed by atoms with Crippen LogP contribution in [0, 0.1) is 0 Å². The highest BCUT2D eigenvalue weighted by Crippen LogP contribution is 2.21. The molecule has 1 atom stereocenters. The molecule has 1 unspecified atom stereocenters. The van der Waals surface area contributed by atoms with Crippen LogP contribution in [0.4, 0.5) is 5.69 Å². The number of nitrogens with zero attached hydrogens (tertiary/aromatic N) is 1. The third-order valence-corrected chi connectivity index (χ3v) is 3.90. The Morgan fingerprint density at radius 3 is 2.32 bits per heavy atom. The summed E-state index contributed by atoms with van der Waals surface area (Å²) in [5, 5.41) is 3.30. The van der Waals surface area contributed by atoms with Crippen molar-refractivity contribution in [3.8, 4) is 0 Å². The Balaban J connectivity index is 1.57. The molecule has 0 radical (unpaired) electrons. The van der Waals surface area contributed by atoms with Crippen LogP contribution in [-0.4, -0.2) is 11.8 Å². The number of anilines is 1. The minimum atomic E-state index is -0.349. The lowest BCUT2D eigenvalue weighted by Gasteiger charge is -2.27. The van der Waals surface area contributed by atoms with Crippen LogP contribution < -0.4 is 11.1 Å². The molecule has 1 aliphatic heterocycles. The lowest BCUT2D eigenvalue weighted by Crippen LogP contribution is -2.43. The second-order valence-corrected chi connectivity index (χ2v) is 5.76. The van der Waals surface area contributed by atoms with Crippen LogP contribution in [0.5, 0.6) is 0 Å². The molecule has 0 saturated carbocycles. The lowest BCUT2D eigenvalue weighted by molar-refractivity contribution is 0.528. The summed E-state index contributed by atoms with van der Waals surface area (Å²) in [5.41, 5.74) is 8.45. The van der Waals surface area contributed by atoms with E-state index in [0.717, 1.165) is 30.8 Å². The molecule has 0 fully saturated rings. The molecule has 2 aromatic carbocycles. The Hall–Kier alpha value is -2.39. The summed E-state index contributed by atoms with van der Waals surface area (Å²) in [6.07, 6.45) is 6.64. The Morgan fingerprint density at radius 2 is 1.68 bits per heavy atom. The van der Waals surface area contributed by atoms with E-state index in [4.69, 9.17) is 5.73 Å². The fourth-order valence-electron chi connectivity index (χ4n) is 2.53. The summed E-state index contributed by atoms with van der Waals surface area (Å²) < 4.78 is 0. The van der Waals surface area contributed by atoms with Gasteiger partial charge in [0.15, 0.2) is 0 Å². The second kappa shape index (κ2) is 6.58. The maximum absolute atomic E-state index is 6.44. The van der Waals surface area contributed by atoms with E-state index in [1.165, 1.54) is 5.56 Å². The maximum atomic E-state index is 6.44. The van der Waals surface area contributed by atoms with Crippen molar-refractivity contribution >= 4 is 11.9 Å². The van der Waals surface area contributed by atoms with Crippen LogP contribution in [0.2, 0.25) is 0 Å². The molecule has 112 valence electrons. The summed E-state index contributed by atoms with van der Waals surface area (Å²) >= 11 is 0. The average Bonchev–Trinajstić information content (AvgIpc) is 2.58. The summed E-state index contributed by atoms with van der Waals surface area (Å²) in [6.45, 7) is 0. The topological polar surface area (TPSA) is 50.4 Å². The summed E-state index contributed by atoms with van der Waals surface area (Å²) in [4.78, 5) is 4.49. The molecule has 3 N–H and O–H groups in total. The minimum Gasteiger partial charge on any atom is -0.341 e. The number of aliphatic imine (C=N–C) groups is 1. The quantitative estimate of drug-likeness (QED) is 0.881. The molecule has 22 heavy (non-hydrogen) atoms. The fraction of sp³-hybridized carbons (Fsp3) is 0.211. The number of para-hydroxylation sites is 1. The molecule has 0 spiro atoms. The van der Waals surface area contributed by atoms with Gasteiger partial charge in [-0.3, -0.25) is 0 Å². The number of nitrogens with one attached hydrogen (secondary N) is 1. The van der Waals surface area contributed by atoms with Crippen LogP contribution in [0.15, 0.2) is 77.6 Å². The number of aryl methyl sites for hydroxylation is 1. The molecular weight excluding hydrogens is 270 g/mol. The smallest absolute Gasteiger partial charge is 0.125 e. The summed E-state index contributed by atoms with van der Waals surface area (Å²) in [5.74, 6) is 0.868. The molecule has 1 heterocycles. The van der Waals surface area contributed by atoms with Crippen LogP contribution in [0.25, 0.3) is 0 Å². The van der Waals surface area contributed by atoms with Crippen LogP contribution >= 0.6 is 0 Å². The van der Waals surface area contributed by atoms with E-state index in [1.54, 1.807) is 0 Å². The van der Waals surface area contributed by atoms with E-state index in [9.17, 15) is 0 Å². The van der Waals surface area contributed by atoms with Crippen molar-refractivity contribution in [1.29, 1.82) is 0 Å². The van der Waals surface area contributed by atoms with E-state index >= 15 is 0 Å². The molecule has 0 aliphatic carbocycles. The Labute approximate surface area is 131 Å². The number of hydrogen-bond acceptors (Lipinski definition) is 3. The predicted molar refractivity (Wildman–Crippen MR) is 92.9 cm³/mol. The highest BCUT2D eigenvalue weighted by atomic mass is 15.0. The van der Waals surface area contributed by atoms with E-state index in [1.807, 2.05) is 42.6 Å². The van der Waals surface area contributed by atoms with Crippen LogP contribution in [0.1, 0.15) is 18.4 Å². The standard InChI is InChI=1S/C19H21N3/c20-19(13-11-16-7-3-1-4-8-16)14-12-18(21-15-19)22-17-9-5-2-6-10-17/h1-10,12,15,22H,11,13-14,20H2. The van der Waals surface area contributed by atoms with Gasteiger partial charge in [0, 0.05) is 11.9 Å². The first kappa shape index (κ1) is 14.5. The van der Waals surface area contributed by atoms with Crippen LogP contribution in [0.3, 0.4) is 0 Å². The monoisotopic (exact) mass is 291 g/mol. The zero-order chi connectivity index (χ0) is 15.3. The van der Waals surface area contributed by atoms with E-state index in [0.29, 0.717) is 0 Å². The van der Waals surface area contributed by atoms with Crippen LogP contribution in [-0.2, 0) is 6.42 Å². The molecule has 1 aliphatic rings. The van der Waals surface area contributed by atoms with Crippen molar-refractivity contribution in [3.63, 3.8) is 0 Å². The van der Waals surface area contributed by atoms with Gasteiger partial charge in [-0.15, -0.1) is 0 Å². The number of hydrogen-bond donors (Lipinski definition) is 2. The van der Waals surface area contributed by atoms with Crippen molar-refractivity contribution in [3.05, 3.63) is 78.1 Å². The van der Waals surface area contributed by atoms with Crippen molar-refractivity contribution in [2.24, 2.45) is 10.7 Å². The van der Waals surface area contributed by atoms with Crippen molar-refractivity contribution in [2.75, 3.05) is 5.32 Å². The molecule has 3 nitrogen and oxygen atoms in total. The summed E-state index contributed by atoms with van der Waals surface area (Å²) in [6, 6.07) is 20.5. The Kier molecular flexibility index (Phi) is 4.35. The zero-order valence-corrected chi connectivity index (χ0v) is 12.6. The van der Waals surface area contributed by atoms with Gasteiger partial charge in [-0.2, -0.15) is 0 Å². The Bertz CT molecular complexity index is 662. The van der Waals surface area contributed by atoms with Gasteiger partial charge in [-0.25, -0.2) is 4.99 Å². The Morgan fingerprint density at radius 1 is 1.00 bits per heavy atom. The molecular formula is C19H21N3. The summed E-state index contributed by atoms with van der Waals surface area (Å²) in [7, 11) is 0. The van der Waals surface area contributed by atoms with Gasteiger partial charge >= 0.3 is 0 Å². The van der Waals surface area contributed by atoms with E-state index < -0.39 is 0 Å². The van der Waals surface area contributed by atoms with Crippen molar-refractivity contribution in [1.82, 2.24) is 0 Å². The minimum absolute atomic E-state index is 0.349. The molecule has 3 heteroatoms. The average molecular weight is 291 g/mol. The van der Waals surface area contributed by atoms with E-state index in [2.05, 4.69) is 40.7 Å². The van der Waals surface area contributed by atoms with Crippen molar-refractivity contribution < 1.29 is 0 Å². The molecule has 3 rings (SSSR count). The molecule has 0 saturated heterocycles. The molecule has 2 aromatic rings. The lowest BCUT2D eigenvalue weighted by atomic mass is 9.89. The van der Waals surface area contributed by atoms with Gasteiger partial charge < -0.3 is 11.1 Å². The predicted octanol–water partition coefficient (Wildman–Crippen LogP) is 3.74. The zero-order valence-electron chi connectivity index (χ0n) is 12.6. The van der Waals surface area contributed by atoms with Gasteiger partial charge in [-0.05, 0) is 43.0 Å². The first-order valence-electron chi connectivity index (χ1n) is 7.64. The molecule has 0 amide bonds.